The first-order valence-corrected chi connectivity index (χ1v) is 17.2. The van der Waals surface area contributed by atoms with Gasteiger partial charge in [-0.15, -0.1) is 0 Å². The Labute approximate surface area is 184 Å². The first-order chi connectivity index (χ1) is 11.1. The molecule has 0 aliphatic heterocycles. The van der Waals surface area contributed by atoms with Gasteiger partial charge in [0.25, 0.3) is 0 Å². The van der Waals surface area contributed by atoms with Crippen molar-refractivity contribution in [3.63, 3.8) is 0 Å². The predicted octanol–water partition coefficient (Wildman–Crippen LogP) is 5.99. The molecule has 0 bridgehead atoms. The van der Waals surface area contributed by atoms with Crippen LogP contribution >= 0.6 is 0 Å². The SMILES string of the molecule is C.C.C.C.C=C(C)C(=O)OC[Si](C)(C)O[Si](C)(C)O[Si](C)(C)COC(=O)C(=C)C. The van der Waals surface area contributed by atoms with Crippen molar-refractivity contribution in [2.24, 2.45) is 0 Å². The summed E-state index contributed by atoms with van der Waals surface area (Å²) in [7, 11) is -6.99. The minimum atomic E-state index is -2.48. The van der Waals surface area contributed by atoms with Gasteiger partial charge in [-0.05, 0) is 53.1 Å². The summed E-state index contributed by atoms with van der Waals surface area (Å²) < 4.78 is 23.0. The average molecular weight is 469 g/mol. The van der Waals surface area contributed by atoms with E-state index in [1.54, 1.807) is 13.8 Å². The molecule has 0 saturated carbocycles. The third-order valence-electron chi connectivity index (χ3n) is 2.84. The number of carbonyl (C=O) groups excluding carboxylic acids is 2. The fourth-order valence-corrected chi connectivity index (χ4v) is 14.8. The molecule has 0 fully saturated rings. The predicted molar refractivity (Wildman–Crippen MR) is 133 cm³/mol. The van der Waals surface area contributed by atoms with Crippen molar-refractivity contribution in [2.75, 3.05) is 12.5 Å². The molecule has 0 heterocycles. The first-order valence-electron chi connectivity index (χ1n) is 8.12. The minimum absolute atomic E-state index is 0. The largest absolute Gasteiger partial charge is 0.463 e. The van der Waals surface area contributed by atoms with Crippen LogP contribution in [0, 0.1) is 0 Å². The Hall–Kier alpha value is -1.01. The van der Waals surface area contributed by atoms with Crippen LogP contribution in [0.15, 0.2) is 24.3 Å². The lowest BCUT2D eigenvalue weighted by molar-refractivity contribution is -0.138. The first kappa shape index (κ1) is 38.6. The van der Waals surface area contributed by atoms with Crippen molar-refractivity contribution >= 4 is 37.1 Å². The molecule has 0 atom stereocenters. The summed E-state index contributed by atoms with van der Waals surface area (Å²) in [6, 6.07) is 0. The molecule has 0 aliphatic carbocycles. The summed E-state index contributed by atoms with van der Waals surface area (Å²) >= 11 is 0. The molecule has 0 unspecified atom stereocenters. The van der Waals surface area contributed by atoms with Gasteiger partial charge in [-0.1, -0.05) is 42.9 Å². The Kier molecular flexibility index (Phi) is 19.8. The zero-order valence-electron chi connectivity index (χ0n) is 16.8. The maximum absolute atomic E-state index is 11.6. The molecule has 0 aromatic rings. The minimum Gasteiger partial charge on any atom is -0.463 e. The number of hydrogen-bond donors (Lipinski definition) is 0. The average Bonchev–Trinajstić information content (AvgIpc) is 2.39. The number of hydrogen-bond acceptors (Lipinski definition) is 6. The molecule has 0 radical (unpaired) electrons. The summed E-state index contributed by atoms with van der Waals surface area (Å²) in [4.78, 5) is 23.1. The normalized spacial score (nSPS) is 10.8. The van der Waals surface area contributed by atoms with E-state index in [-0.39, 0.29) is 42.2 Å². The summed E-state index contributed by atoms with van der Waals surface area (Å²) in [6.07, 6.45) is 0.482. The van der Waals surface area contributed by atoms with Crippen molar-refractivity contribution in [3.8, 4) is 0 Å². The van der Waals surface area contributed by atoms with Crippen LogP contribution in [-0.4, -0.2) is 49.6 Å². The Bertz CT molecular complexity index is 496. The van der Waals surface area contributed by atoms with Crippen LogP contribution in [0.25, 0.3) is 0 Å². The van der Waals surface area contributed by atoms with Gasteiger partial charge in [-0.3, -0.25) is 0 Å². The molecule has 0 aliphatic rings. The quantitative estimate of drug-likeness (QED) is 0.223. The molecule has 176 valence electrons. The van der Waals surface area contributed by atoms with Crippen LogP contribution in [0.2, 0.25) is 39.3 Å². The zero-order chi connectivity index (χ0) is 20.1. The topological polar surface area (TPSA) is 71.1 Å². The van der Waals surface area contributed by atoms with Gasteiger partial charge < -0.3 is 17.7 Å². The van der Waals surface area contributed by atoms with Crippen molar-refractivity contribution in [1.82, 2.24) is 0 Å². The van der Waals surface area contributed by atoms with Gasteiger partial charge in [-0.25, -0.2) is 9.59 Å². The third kappa shape index (κ3) is 17.6. The van der Waals surface area contributed by atoms with E-state index in [1.807, 2.05) is 39.3 Å². The summed E-state index contributed by atoms with van der Waals surface area (Å²) in [5.74, 6) is -0.822. The molecule has 0 rings (SSSR count). The van der Waals surface area contributed by atoms with Crippen LogP contribution in [-0.2, 0) is 27.3 Å². The van der Waals surface area contributed by atoms with Gasteiger partial charge in [0.15, 0.2) is 0 Å². The molecule has 29 heavy (non-hydrogen) atoms. The maximum Gasteiger partial charge on any atom is 0.332 e. The van der Waals surface area contributed by atoms with E-state index in [9.17, 15) is 9.59 Å². The molecular weight excluding hydrogens is 420 g/mol. The van der Waals surface area contributed by atoms with E-state index < -0.39 is 37.1 Å². The van der Waals surface area contributed by atoms with Gasteiger partial charge in [-0.2, -0.15) is 0 Å². The van der Waals surface area contributed by atoms with Crippen molar-refractivity contribution in [1.29, 1.82) is 0 Å². The van der Waals surface area contributed by atoms with E-state index in [2.05, 4.69) is 13.2 Å². The van der Waals surface area contributed by atoms with Crippen LogP contribution in [0.1, 0.15) is 43.6 Å². The van der Waals surface area contributed by atoms with E-state index >= 15 is 0 Å². The van der Waals surface area contributed by atoms with Gasteiger partial charge >= 0.3 is 20.5 Å². The van der Waals surface area contributed by atoms with Crippen LogP contribution in [0.4, 0.5) is 0 Å². The number of carbonyl (C=O) groups is 2. The lowest BCUT2D eigenvalue weighted by Gasteiger charge is -2.38. The lowest BCUT2D eigenvalue weighted by atomic mass is 10.4. The lowest BCUT2D eigenvalue weighted by Crippen LogP contribution is -2.55. The summed E-state index contributed by atoms with van der Waals surface area (Å²) in [5.41, 5.74) is 0.732. The molecular formula is C20H48O6Si3. The second kappa shape index (κ2) is 14.9. The Morgan fingerprint density at radius 2 is 0.897 bits per heavy atom. The number of rotatable bonds is 10. The van der Waals surface area contributed by atoms with Gasteiger partial charge in [0.05, 0.1) is 0 Å². The Balaban J connectivity index is -0.000000480. The van der Waals surface area contributed by atoms with Crippen molar-refractivity contribution in [2.45, 2.75) is 82.8 Å². The van der Waals surface area contributed by atoms with E-state index in [0.29, 0.717) is 11.1 Å². The van der Waals surface area contributed by atoms with Crippen molar-refractivity contribution < 1.29 is 27.3 Å². The molecule has 0 amide bonds. The fraction of sp³-hybridized carbons (Fsp3) is 0.700. The van der Waals surface area contributed by atoms with Crippen LogP contribution in [0.3, 0.4) is 0 Å². The van der Waals surface area contributed by atoms with Crippen LogP contribution in [0.5, 0.6) is 0 Å². The van der Waals surface area contributed by atoms with E-state index in [4.69, 9.17) is 17.7 Å². The highest BCUT2D eigenvalue weighted by Crippen LogP contribution is 2.21. The highest BCUT2D eigenvalue weighted by Gasteiger charge is 2.41. The van der Waals surface area contributed by atoms with Gasteiger partial charge in [0.1, 0.15) is 12.5 Å². The fourth-order valence-electron chi connectivity index (χ4n) is 2.14. The van der Waals surface area contributed by atoms with Crippen molar-refractivity contribution in [3.05, 3.63) is 24.3 Å². The Morgan fingerprint density at radius 1 is 0.655 bits per heavy atom. The van der Waals surface area contributed by atoms with Crippen LogP contribution < -0.4 is 0 Å². The highest BCUT2D eigenvalue weighted by molar-refractivity contribution is 6.87. The molecule has 6 nitrogen and oxygen atoms in total. The maximum atomic E-state index is 11.6. The summed E-state index contributed by atoms with van der Waals surface area (Å²) in [6.45, 7) is 22.2. The highest BCUT2D eigenvalue weighted by atomic mass is 28.5. The van der Waals surface area contributed by atoms with E-state index in [0.717, 1.165) is 0 Å². The Morgan fingerprint density at radius 3 is 1.10 bits per heavy atom. The van der Waals surface area contributed by atoms with E-state index in [1.165, 1.54) is 0 Å². The number of esters is 2. The zero-order valence-corrected chi connectivity index (χ0v) is 19.8. The standard InChI is InChI=1S/C16H32O6Si3.4CH4/c1-13(2)15(17)19-11-23(5,6)21-25(9,10)22-24(7,8)12-20-16(18)14(3)4;;;;/h1,3,11-12H2,2,4-10H3;4*1H4. The third-order valence-corrected chi connectivity index (χ3v) is 12.9. The molecule has 0 N–H and O–H groups in total. The second-order valence-corrected chi connectivity index (χ2v) is 19.9. The molecule has 9 heteroatoms. The smallest absolute Gasteiger partial charge is 0.332 e. The van der Waals surface area contributed by atoms with Gasteiger partial charge in [0.2, 0.25) is 16.6 Å². The molecule has 0 spiro atoms. The number of ether oxygens (including phenoxy) is 2. The molecule has 0 aromatic carbocycles. The monoisotopic (exact) mass is 468 g/mol. The summed E-state index contributed by atoms with van der Waals surface area (Å²) in [5, 5.41) is 0. The van der Waals surface area contributed by atoms with Gasteiger partial charge in [0, 0.05) is 11.1 Å². The molecule has 0 aromatic heterocycles. The molecule has 0 saturated heterocycles. The second-order valence-electron chi connectivity index (χ2n) is 7.84.